The van der Waals surface area contributed by atoms with E-state index in [1.54, 1.807) is 12.1 Å². The van der Waals surface area contributed by atoms with Gasteiger partial charge >= 0.3 is 0 Å². The SMILES string of the molecule is CCc1ccccc1C(=O)NCc1cccc(C#N)c1. The van der Waals surface area contributed by atoms with E-state index in [4.69, 9.17) is 5.26 Å². The number of hydrogen-bond donors (Lipinski definition) is 1. The van der Waals surface area contributed by atoms with E-state index in [9.17, 15) is 4.79 Å². The molecule has 0 spiro atoms. The third kappa shape index (κ3) is 3.24. The summed E-state index contributed by atoms with van der Waals surface area (Å²) in [6.45, 7) is 2.45. The number of aryl methyl sites for hydroxylation is 1. The van der Waals surface area contributed by atoms with Crippen molar-refractivity contribution in [3.63, 3.8) is 0 Å². The molecule has 0 aromatic heterocycles. The molecular formula is C17H16N2O. The van der Waals surface area contributed by atoms with E-state index in [2.05, 4.69) is 11.4 Å². The molecule has 2 aromatic carbocycles. The summed E-state index contributed by atoms with van der Waals surface area (Å²) in [7, 11) is 0. The highest BCUT2D eigenvalue weighted by molar-refractivity contribution is 5.95. The molecule has 2 rings (SSSR count). The molecule has 1 N–H and O–H groups in total. The highest BCUT2D eigenvalue weighted by Gasteiger charge is 2.09. The minimum Gasteiger partial charge on any atom is -0.348 e. The molecule has 3 nitrogen and oxygen atoms in total. The first-order chi connectivity index (χ1) is 9.74. The molecular weight excluding hydrogens is 248 g/mol. The second kappa shape index (κ2) is 6.53. The molecule has 0 aliphatic heterocycles. The minimum atomic E-state index is -0.0789. The molecule has 100 valence electrons. The summed E-state index contributed by atoms with van der Waals surface area (Å²) in [5.74, 6) is -0.0789. The number of rotatable bonds is 4. The third-order valence-corrected chi connectivity index (χ3v) is 3.15. The van der Waals surface area contributed by atoms with E-state index in [1.165, 1.54) is 0 Å². The van der Waals surface area contributed by atoms with Crippen LogP contribution in [0.15, 0.2) is 48.5 Å². The predicted molar refractivity (Wildman–Crippen MR) is 78.1 cm³/mol. The first-order valence-electron chi connectivity index (χ1n) is 6.59. The van der Waals surface area contributed by atoms with Crippen LogP contribution in [0, 0.1) is 11.3 Å². The Morgan fingerprint density at radius 1 is 1.20 bits per heavy atom. The molecule has 0 saturated carbocycles. The van der Waals surface area contributed by atoms with Gasteiger partial charge in [0.25, 0.3) is 5.91 Å². The zero-order chi connectivity index (χ0) is 14.4. The summed E-state index contributed by atoms with van der Waals surface area (Å²) in [6, 6.07) is 16.9. The van der Waals surface area contributed by atoms with Crippen LogP contribution in [-0.2, 0) is 13.0 Å². The summed E-state index contributed by atoms with van der Waals surface area (Å²) < 4.78 is 0. The van der Waals surface area contributed by atoms with E-state index >= 15 is 0 Å². The fourth-order valence-electron chi connectivity index (χ4n) is 2.08. The average molecular weight is 264 g/mol. The van der Waals surface area contributed by atoms with Gasteiger partial charge in [0, 0.05) is 12.1 Å². The van der Waals surface area contributed by atoms with E-state index in [0.29, 0.717) is 17.7 Å². The van der Waals surface area contributed by atoms with Crippen LogP contribution in [0.25, 0.3) is 0 Å². The van der Waals surface area contributed by atoms with Crippen LogP contribution in [0.4, 0.5) is 0 Å². The fraction of sp³-hybridized carbons (Fsp3) is 0.176. The first-order valence-corrected chi connectivity index (χ1v) is 6.59. The lowest BCUT2D eigenvalue weighted by Crippen LogP contribution is -2.23. The molecule has 1 amide bonds. The quantitative estimate of drug-likeness (QED) is 0.922. The van der Waals surface area contributed by atoms with Crippen molar-refractivity contribution >= 4 is 5.91 Å². The van der Waals surface area contributed by atoms with Crippen molar-refractivity contribution in [2.24, 2.45) is 0 Å². The predicted octanol–water partition coefficient (Wildman–Crippen LogP) is 3.05. The third-order valence-electron chi connectivity index (χ3n) is 3.15. The normalized spacial score (nSPS) is 9.80. The highest BCUT2D eigenvalue weighted by Crippen LogP contribution is 2.10. The maximum absolute atomic E-state index is 12.2. The Morgan fingerprint density at radius 3 is 2.75 bits per heavy atom. The van der Waals surface area contributed by atoms with Crippen LogP contribution in [0.2, 0.25) is 0 Å². The number of nitrogens with one attached hydrogen (secondary N) is 1. The second-order valence-corrected chi connectivity index (χ2v) is 4.51. The number of nitriles is 1. The van der Waals surface area contributed by atoms with Crippen LogP contribution in [0.5, 0.6) is 0 Å². The minimum absolute atomic E-state index is 0.0789. The number of nitrogens with zero attached hydrogens (tertiary/aromatic N) is 1. The van der Waals surface area contributed by atoms with Gasteiger partial charge in [0.2, 0.25) is 0 Å². The lowest BCUT2D eigenvalue weighted by atomic mass is 10.0. The number of carbonyl (C=O) groups excluding carboxylic acids is 1. The Labute approximate surface area is 118 Å². The zero-order valence-corrected chi connectivity index (χ0v) is 11.4. The zero-order valence-electron chi connectivity index (χ0n) is 11.4. The summed E-state index contributed by atoms with van der Waals surface area (Å²) in [5.41, 5.74) is 3.28. The van der Waals surface area contributed by atoms with Gasteiger partial charge in [-0.1, -0.05) is 37.3 Å². The number of hydrogen-bond acceptors (Lipinski definition) is 2. The van der Waals surface area contributed by atoms with E-state index < -0.39 is 0 Å². The molecule has 0 saturated heterocycles. The van der Waals surface area contributed by atoms with Crippen LogP contribution in [0.3, 0.4) is 0 Å². The van der Waals surface area contributed by atoms with Gasteiger partial charge in [-0.15, -0.1) is 0 Å². The van der Waals surface area contributed by atoms with Crippen molar-refractivity contribution in [1.82, 2.24) is 5.32 Å². The van der Waals surface area contributed by atoms with Gasteiger partial charge in [0.1, 0.15) is 0 Å². The molecule has 20 heavy (non-hydrogen) atoms. The van der Waals surface area contributed by atoms with Crippen molar-refractivity contribution in [2.45, 2.75) is 19.9 Å². The number of benzene rings is 2. The Balaban J connectivity index is 2.07. The summed E-state index contributed by atoms with van der Waals surface area (Å²) >= 11 is 0. The summed E-state index contributed by atoms with van der Waals surface area (Å²) in [5, 5.41) is 11.7. The maximum atomic E-state index is 12.2. The van der Waals surface area contributed by atoms with Crippen molar-refractivity contribution in [1.29, 1.82) is 5.26 Å². The molecule has 0 bridgehead atoms. The Hall–Kier alpha value is -2.60. The number of amides is 1. The van der Waals surface area contributed by atoms with Crippen LogP contribution in [-0.4, -0.2) is 5.91 Å². The molecule has 0 radical (unpaired) electrons. The van der Waals surface area contributed by atoms with E-state index in [1.807, 2.05) is 43.3 Å². The van der Waals surface area contributed by atoms with Gasteiger partial charge in [-0.25, -0.2) is 0 Å². The molecule has 0 fully saturated rings. The van der Waals surface area contributed by atoms with Gasteiger partial charge in [-0.2, -0.15) is 5.26 Å². The largest absolute Gasteiger partial charge is 0.348 e. The molecule has 2 aromatic rings. The monoisotopic (exact) mass is 264 g/mol. The standard InChI is InChI=1S/C17H16N2O/c1-2-15-8-3-4-9-16(15)17(20)19-12-14-7-5-6-13(10-14)11-18/h3-10H,2,12H2,1H3,(H,19,20). The van der Waals surface area contributed by atoms with Crippen molar-refractivity contribution in [3.8, 4) is 6.07 Å². The van der Waals surface area contributed by atoms with E-state index in [0.717, 1.165) is 17.5 Å². The topological polar surface area (TPSA) is 52.9 Å². The molecule has 0 aliphatic carbocycles. The Kier molecular flexibility index (Phi) is 4.52. The van der Waals surface area contributed by atoms with Crippen molar-refractivity contribution in [3.05, 3.63) is 70.8 Å². The van der Waals surface area contributed by atoms with Crippen molar-refractivity contribution < 1.29 is 4.79 Å². The van der Waals surface area contributed by atoms with Gasteiger partial charge in [0.15, 0.2) is 0 Å². The molecule has 3 heteroatoms. The van der Waals surface area contributed by atoms with Crippen LogP contribution in [0.1, 0.15) is 34.0 Å². The Bertz CT molecular complexity index is 656. The van der Waals surface area contributed by atoms with Crippen LogP contribution < -0.4 is 5.32 Å². The lowest BCUT2D eigenvalue weighted by Gasteiger charge is -2.09. The molecule has 0 unspecified atom stereocenters. The molecule has 0 aliphatic rings. The summed E-state index contributed by atoms with van der Waals surface area (Å²) in [6.07, 6.45) is 0.827. The second-order valence-electron chi connectivity index (χ2n) is 4.51. The maximum Gasteiger partial charge on any atom is 0.251 e. The van der Waals surface area contributed by atoms with Gasteiger partial charge in [-0.05, 0) is 35.7 Å². The average Bonchev–Trinajstić information content (AvgIpc) is 2.52. The smallest absolute Gasteiger partial charge is 0.251 e. The lowest BCUT2D eigenvalue weighted by molar-refractivity contribution is 0.0950. The number of carbonyl (C=O) groups is 1. The van der Waals surface area contributed by atoms with Gasteiger partial charge < -0.3 is 5.32 Å². The first kappa shape index (κ1) is 13.8. The highest BCUT2D eigenvalue weighted by atomic mass is 16.1. The van der Waals surface area contributed by atoms with Crippen molar-refractivity contribution in [2.75, 3.05) is 0 Å². The van der Waals surface area contributed by atoms with E-state index in [-0.39, 0.29) is 5.91 Å². The van der Waals surface area contributed by atoms with Crippen LogP contribution >= 0.6 is 0 Å². The fourth-order valence-corrected chi connectivity index (χ4v) is 2.08. The Morgan fingerprint density at radius 2 is 2.00 bits per heavy atom. The van der Waals surface area contributed by atoms with Gasteiger partial charge in [-0.3, -0.25) is 4.79 Å². The molecule has 0 atom stereocenters. The van der Waals surface area contributed by atoms with Gasteiger partial charge in [0.05, 0.1) is 11.6 Å². The molecule has 0 heterocycles. The summed E-state index contributed by atoms with van der Waals surface area (Å²) in [4.78, 5) is 12.2.